The number of piperidine rings is 1. The van der Waals surface area contributed by atoms with Crippen molar-refractivity contribution in [2.24, 2.45) is 0 Å². The van der Waals surface area contributed by atoms with Gasteiger partial charge < -0.3 is 14.7 Å². The molecule has 27 heavy (non-hydrogen) atoms. The van der Waals surface area contributed by atoms with Crippen LogP contribution in [-0.2, 0) is 0 Å². The molecule has 1 aromatic carbocycles. The summed E-state index contributed by atoms with van der Waals surface area (Å²) in [6.07, 6.45) is 5.06. The second kappa shape index (κ2) is 7.94. The molecule has 0 radical (unpaired) electrons. The first-order chi connectivity index (χ1) is 13.2. The summed E-state index contributed by atoms with van der Waals surface area (Å²) >= 11 is 0. The Kier molecular flexibility index (Phi) is 5.23. The molecule has 2 saturated heterocycles. The van der Waals surface area contributed by atoms with Crippen molar-refractivity contribution in [1.82, 2.24) is 9.88 Å². The predicted octanol–water partition coefficient (Wildman–Crippen LogP) is 3.17. The SMILES string of the molecule is O=C(c1cc(N2CCN(c3ccccc3F)CC2)ccn1)N1CCCCC1. The zero-order chi connectivity index (χ0) is 18.6. The molecule has 6 heteroatoms. The van der Waals surface area contributed by atoms with E-state index in [1.54, 1.807) is 12.3 Å². The molecule has 0 N–H and O–H groups in total. The highest BCUT2D eigenvalue weighted by Crippen LogP contribution is 2.23. The van der Waals surface area contributed by atoms with Crippen LogP contribution in [-0.4, -0.2) is 55.1 Å². The van der Waals surface area contributed by atoms with Crippen LogP contribution in [0, 0.1) is 5.82 Å². The molecule has 2 aliphatic rings. The summed E-state index contributed by atoms with van der Waals surface area (Å²) in [5.74, 6) is -0.147. The first-order valence-corrected chi connectivity index (χ1v) is 9.72. The summed E-state index contributed by atoms with van der Waals surface area (Å²) in [7, 11) is 0. The third-order valence-corrected chi connectivity index (χ3v) is 5.44. The Morgan fingerprint density at radius 1 is 0.889 bits per heavy atom. The van der Waals surface area contributed by atoms with E-state index in [2.05, 4.69) is 14.8 Å². The number of benzene rings is 1. The van der Waals surface area contributed by atoms with Crippen molar-refractivity contribution in [3.63, 3.8) is 0 Å². The van der Waals surface area contributed by atoms with E-state index < -0.39 is 0 Å². The summed E-state index contributed by atoms with van der Waals surface area (Å²) in [5.41, 5.74) is 2.19. The van der Waals surface area contributed by atoms with Gasteiger partial charge in [-0.15, -0.1) is 0 Å². The van der Waals surface area contributed by atoms with Crippen LogP contribution in [0.2, 0.25) is 0 Å². The lowest BCUT2D eigenvalue weighted by Crippen LogP contribution is -2.47. The number of hydrogen-bond acceptors (Lipinski definition) is 4. The number of anilines is 2. The Bertz CT molecular complexity index is 798. The van der Waals surface area contributed by atoms with Crippen LogP contribution < -0.4 is 9.80 Å². The molecule has 5 nitrogen and oxygen atoms in total. The minimum atomic E-state index is -0.177. The highest BCUT2D eigenvalue weighted by atomic mass is 19.1. The largest absolute Gasteiger partial charge is 0.368 e. The number of rotatable bonds is 3. The standard InChI is InChI=1S/C21H25FN4O/c22-18-6-2-3-7-20(18)25-14-12-24(13-15-25)17-8-9-23-19(16-17)21(27)26-10-4-1-5-11-26/h2-3,6-9,16H,1,4-5,10-15H2. The van der Waals surface area contributed by atoms with Gasteiger partial charge in [0.15, 0.2) is 0 Å². The number of nitrogens with zero attached hydrogens (tertiary/aromatic N) is 4. The van der Waals surface area contributed by atoms with Crippen LogP contribution >= 0.6 is 0 Å². The van der Waals surface area contributed by atoms with E-state index in [1.165, 1.54) is 12.5 Å². The van der Waals surface area contributed by atoms with E-state index in [0.29, 0.717) is 11.4 Å². The number of aromatic nitrogens is 1. The van der Waals surface area contributed by atoms with Gasteiger partial charge in [0, 0.05) is 51.2 Å². The Morgan fingerprint density at radius 3 is 2.33 bits per heavy atom. The molecular formula is C21H25FN4O. The van der Waals surface area contributed by atoms with Gasteiger partial charge in [-0.3, -0.25) is 9.78 Å². The van der Waals surface area contributed by atoms with E-state index in [-0.39, 0.29) is 11.7 Å². The molecule has 0 aliphatic carbocycles. The molecule has 2 aromatic rings. The third kappa shape index (κ3) is 3.89. The molecular weight excluding hydrogens is 343 g/mol. The van der Waals surface area contributed by atoms with Crippen molar-refractivity contribution in [2.75, 3.05) is 49.1 Å². The van der Waals surface area contributed by atoms with Gasteiger partial charge in [0.05, 0.1) is 5.69 Å². The Morgan fingerprint density at radius 2 is 1.59 bits per heavy atom. The zero-order valence-electron chi connectivity index (χ0n) is 15.5. The number of halogens is 1. The molecule has 3 heterocycles. The van der Waals surface area contributed by atoms with Crippen molar-refractivity contribution < 1.29 is 9.18 Å². The van der Waals surface area contributed by atoms with Gasteiger partial charge in [-0.1, -0.05) is 12.1 Å². The van der Waals surface area contributed by atoms with E-state index in [4.69, 9.17) is 0 Å². The maximum absolute atomic E-state index is 14.0. The molecule has 0 saturated carbocycles. The summed E-state index contributed by atoms with van der Waals surface area (Å²) < 4.78 is 14.0. The number of carbonyl (C=O) groups excluding carboxylic acids is 1. The summed E-state index contributed by atoms with van der Waals surface area (Å²) in [6.45, 7) is 4.72. The monoisotopic (exact) mass is 368 g/mol. The van der Waals surface area contributed by atoms with E-state index in [9.17, 15) is 9.18 Å². The number of para-hydroxylation sites is 1. The Labute approximate surface area is 159 Å². The highest BCUT2D eigenvalue weighted by molar-refractivity contribution is 5.93. The van der Waals surface area contributed by atoms with Crippen LogP contribution in [0.25, 0.3) is 0 Å². The molecule has 1 aromatic heterocycles. The number of amides is 1. The predicted molar refractivity (Wildman–Crippen MR) is 105 cm³/mol. The topological polar surface area (TPSA) is 39.7 Å². The van der Waals surface area contributed by atoms with E-state index in [0.717, 1.165) is 57.8 Å². The smallest absolute Gasteiger partial charge is 0.272 e. The number of likely N-dealkylation sites (tertiary alicyclic amines) is 1. The minimum Gasteiger partial charge on any atom is -0.368 e. The second-order valence-corrected chi connectivity index (χ2v) is 7.18. The highest BCUT2D eigenvalue weighted by Gasteiger charge is 2.22. The quantitative estimate of drug-likeness (QED) is 0.834. The maximum Gasteiger partial charge on any atom is 0.272 e. The molecule has 2 fully saturated rings. The lowest BCUT2D eigenvalue weighted by Gasteiger charge is -2.37. The number of piperazine rings is 1. The van der Waals surface area contributed by atoms with Crippen molar-refractivity contribution in [1.29, 1.82) is 0 Å². The lowest BCUT2D eigenvalue weighted by atomic mass is 10.1. The van der Waals surface area contributed by atoms with Gasteiger partial charge in [-0.05, 0) is 43.5 Å². The lowest BCUT2D eigenvalue weighted by molar-refractivity contribution is 0.0718. The van der Waals surface area contributed by atoms with Crippen LogP contribution in [0.3, 0.4) is 0 Å². The summed E-state index contributed by atoms with van der Waals surface area (Å²) in [4.78, 5) is 23.2. The minimum absolute atomic E-state index is 0.0292. The van der Waals surface area contributed by atoms with Crippen molar-refractivity contribution in [2.45, 2.75) is 19.3 Å². The molecule has 0 bridgehead atoms. The van der Waals surface area contributed by atoms with Crippen molar-refractivity contribution in [3.05, 3.63) is 54.1 Å². The first-order valence-electron chi connectivity index (χ1n) is 9.72. The fourth-order valence-electron chi connectivity index (χ4n) is 3.91. The Balaban J connectivity index is 1.43. The van der Waals surface area contributed by atoms with Crippen molar-refractivity contribution in [3.8, 4) is 0 Å². The fraction of sp³-hybridized carbons (Fsp3) is 0.429. The van der Waals surface area contributed by atoms with Crippen LogP contribution in [0.1, 0.15) is 29.8 Å². The van der Waals surface area contributed by atoms with E-state index >= 15 is 0 Å². The average Bonchev–Trinajstić information content (AvgIpc) is 2.74. The number of pyridine rings is 1. The number of hydrogen-bond donors (Lipinski definition) is 0. The van der Waals surface area contributed by atoms with Crippen LogP contribution in [0.4, 0.5) is 15.8 Å². The number of carbonyl (C=O) groups is 1. The Hall–Kier alpha value is -2.63. The molecule has 142 valence electrons. The van der Waals surface area contributed by atoms with Gasteiger partial charge in [0.1, 0.15) is 11.5 Å². The van der Waals surface area contributed by atoms with Crippen molar-refractivity contribution >= 4 is 17.3 Å². The third-order valence-electron chi connectivity index (χ3n) is 5.44. The second-order valence-electron chi connectivity index (χ2n) is 7.18. The summed E-state index contributed by atoms with van der Waals surface area (Å²) in [5, 5.41) is 0. The van der Waals surface area contributed by atoms with Gasteiger partial charge in [-0.2, -0.15) is 0 Å². The fourth-order valence-corrected chi connectivity index (χ4v) is 3.91. The average molecular weight is 368 g/mol. The maximum atomic E-state index is 14.0. The van der Waals surface area contributed by atoms with Gasteiger partial charge in [0.2, 0.25) is 0 Å². The van der Waals surface area contributed by atoms with Gasteiger partial charge in [-0.25, -0.2) is 4.39 Å². The normalized spacial score (nSPS) is 17.9. The van der Waals surface area contributed by atoms with Crippen LogP contribution in [0.5, 0.6) is 0 Å². The molecule has 0 unspecified atom stereocenters. The molecule has 2 aliphatic heterocycles. The van der Waals surface area contributed by atoms with E-state index in [1.807, 2.05) is 29.2 Å². The zero-order valence-corrected chi connectivity index (χ0v) is 15.5. The summed E-state index contributed by atoms with van der Waals surface area (Å²) in [6, 6.07) is 10.8. The molecule has 4 rings (SSSR count). The molecule has 0 spiro atoms. The van der Waals surface area contributed by atoms with Gasteiger partial charge >= 0.3 is 0 Å². The molecule has 1 amide bonds. The van der Waals surface area contributed by atoms with Crippen LogP contribution in [0.15, 0.2) is 42.6 Å². The van der Waals surface area contributed by atoms with Gasteiger partial charge in [0.25, 0.3) is 5.91 Å². The first kappa shape index (κ1) is 17.8. The molecule has 0 atom stereocenters.